The molecule has 6 nitrogen and oxygen atoms in total. The Labute approximate surface area is 117 Å². The van der Waals surface area contributed by atoms with Gasteiger partial charge in [-0.3, -0.25) is 14.3 Å². The van der Waals surface area contributed by atoms with Crippen molar-refractivity contribution in [2.45, 2.75) is 13.3 Å². The highest BCUT2D eigenvalue weighted by molar-refractivity contribution is 5.98. The van der Waals surface area contributed by atoms with Crippen LogP contribution >= 0.6 is 0 Å². The number of nitrogens with two attached hydrogens (primary N) is 1. The van der Waals surface area contributed by atoms with E-state index in [1.807, 2.05) is 6.92 Å². The molecular weight excluding hydrogens is 280 g/mol. The molecule has 0 saturated carbocycles. The summed E-state index contributed by atoms with van der Waals surface area (Å²) in [6.07, 6.45) is 0.282. The van der Waals surface area contributed by atoms with Crippen molar-refractivity contribution in [3.63, 3.8) is 0 Å². The van der Waals surface area contributed by atoms with Crippen molar-refractivity contribution in [3.8, 4) is 11.1 Å². The molecule has 0 radical (unpaired) electrons. The summed E-state index contributed by atoms with van der Waals surface area (Å²) < 4.78 is 27.3. The summed E-state index contributed by atoms with van der Waals surface area (Å²) in [6, 6.07) is 3.25. The van der Waals surface area contributed by atoms with Crippen molar-refractivity contribution in [3.05, 3.63) is 41.7 Å². The second-order valence-corrected chi connectivity index (χ2v) is 4.57. The molecule has 0 spiro atoms. The van der Waals surface area contributed by atoms with Crippen LogP contribution in [0.2, 0.25) is 0 Å². The minimum Gasteiger partial charge on any atom is -0.364 e. The lowest BCUT2D eigenvalue weighted by atomic mass is 10.1. The van der Waals surface area contributed by atoms with Gasteiger partial charge in [0.25, 0.3) is 12.3 Å². The fourth-order valence-corrected chi connectivity index (χ4v) is 2.25. The van der Waals surface area contributed by atoms with Gasteiger partial charge in [-0.2, -0.15) is 5.10 Å². The van der Waals surface area contributed by atoms with Gasteiger partial charge in [-0.25, -0.2) is 13.8 Å². The topological polar surface area (TPSA) is 89.1 Å². The van der Waals surface area contributed by atoms with Crippen molar-refractivity contribution in [1.82, 2.24) is 19.6 Å². The molecule has 3 rings (SSSR count). The van der Waals surface area contributed by atoms with Crippen molar-refractivity contribution >= 4 is 11.4 Å². The van der Waals surface area contributed by atoms with Gasteiger partial charge in [-0.05, 0) is 13.0 Å². The Morgan fingerprint density at radius 2 is 2.19 bits per heavy atom. The van der Waals surface area contributed by atoms with Crippen molar-refractivity contribution < 1.29 is 13.6 Å². The molecule has 3 aromatic heterocycles. The normalized spacial score (nSPS) is 11.4. The minimum absolute atomic E-state index is 0.166. The van der Waals surface area contributed by atoms with Gasteiger partial charge in [0.2, 0.25) is 0 Å². The van der Waals surface area contributed by atoms with E-state index in [1.165, 1.54) is 10.6 Å². The Balaban J connectivity index is 2.28. The number of rotatable bonds is 3. The fraction of sp³-hybridized carbons (Fsp3) is 0.154. The molecule has 0 aromatic carbocycles. The summed E-state index contributed by atoms with van der Waals surface area (Å²) in [4.78, 5) is 15.0. The molecule has 0 unspecified atom stereocenters. The summed E-state index contributed by atoms with van der Waals surface area (Å²) in [5.74, 6) is -1.35. The monoisotopic (exact) mass is 291 g/mol. The van der Waals surface area contributed by atoms with Gasteiger partial charge in [-0.15, -0.1) is 0 Å². The second kappa shape index (κ2) is 4.65. The molecule has 8 heteroatoms. The van der Waals surface area contributed by atoms with Crippen LogP contribution in [0.4, 0.5) is 8.78 Å². The molecule has 3 aromatic rings. The number of aromatic amines is 1. The van der Waals surface area contributed by atoms with Gasteiger partial charge in [-0.1, -0.05) is 6.07 Å². The summed E-state index contributed by atoms with van der Waals surface area (Å²) in [5.41, 5.74) is 7.54. The van der Waals surface area contributed by atoms with Crippen LogP contribution in [0.3, 0.4) is 0 Å². The number of H-pyrrole nitrogens is 1. The molecule has 0 fully saturated rings. The Morgan fingerprint density at radius 1 is 1.43 bits per heavy atom. The van der Waals surface area contributed by atoms with Crippen LogP contribution in [0.5, 0.6) is 0 Å². The second-order valence-electron chi connectivity index (χ2n) is 4.57. The lowest BCUT2D eigenvalue weighted by Gasteiger charge is -2.04. The summed E-state index contributed by atoms with van der Waals surface area (Å²) in [7, 11) is 0. The van der Waals surface area contributed by atoms with E-state index >= 15 is 0 Å². The maximum atomic E-state index is 13.1. The molecule has 108 valence electrons. The lowest BCUT2D eigenvalue weighted by molar-refractivity contribution is 0.0996. The van der Waals surface area contributed by atoms with Crippen LogP contribution in [-0.2, 0) is 0 Å². The first-order chi connectivity index (χ1) is 9.99. The third kappa shape index (κ3) is 2.04. The van der Waals surface area contributed by atoms with Gasteiger partial charge in [0.1, 0.15) is 0 Å². The molecule has 0 atom stereocenters. The van der Waals surface area contributed by atoms with Crippen molar-refractivity contribution in [2.75, 3.05) is 0 Å². The average molecular weight is 291 g/mol. The summed E-state index contributed by atoms with van der Waals surface area (Å²) in [5, 5.41) is 6.68. The quantitative estimate of drug-likeness (QED) is 0.774. The van der Waals surface area contributed by atoms with Crippen LogP contribution in [0.15, 0.2) is 24.5 Å². The molecule has 0 aliphatic carbocycles. The standard InChI is InChI=1S/C13H11F2N5O/c1-6-8(4-17-19-6)7-2-3-9-10(12(16)21)18-13(11(14)15)20(9)5-7/h2-5,11H,1H3,(H2,16,21)(H,17,19). The van der Waals surface area contributed by atoms with Gasteiger partial charge >= 0.3 is 0 Å². The van der Waals surface area contributed by atoms with E-state index in [9.17, 15) is 13.6 Å². The van der Waals surface area contributed by atoms with Crippen LogP contribution in [0, 0.1) is 6.92 Å². The number of alkyl halides is 2. The third-order valence-electron chi connectivity index (χ3n) is 3.23. The average Bonchev–Trinajstić information content (AvgIpc) is 3.01. The summed E-state index contributed by atoms with van der Waals surface area (Å²) in [6.45, 7) is 1.82. The Kier molecular flexibility index (Phi) is 2.93. The van der Waals surface area contributed by atoms with Gasteiger partial charge in [0.15, 0.2) is 11.5 Å². The number of aryl methyl sites for hydroxylation is 1. The number of fused-ring (bicyclic) bond motifs is 1. The van der Waals surface area contributed by atoms with E-state index in [0.717, 1.165) is 11.3 Å². The third-order valence-corrected chi connectivity index (χ3v) is 3.23. The van der Waals surface area contributed by atoms with E-state index < -0.39 is 18.2 Å². The maximum absolute atomic E-state index is 13.1. The zero-order chi connectivity index (χ0) is 15.1. The molecule has 0 aliphatic rings. The number of imidazole rings is 1. The van der Waals surface area contributed by atoms with Crippen molar-refractivity contribution in [1.29, 1.82) is 0 Å². The molecule has 0 bridgehead atoms. The molecule has 1 amide bonds. The Hall–Kier alpha value is -2.77. The molecule has 21 heavy (non-hydrogen) atoms. The zero-order valence-corrected chi connectivity index (χ0v) is 11.0. The van der Waals surface area contributed by atoms with Gasteiger partial charge in [0.05, 0.1) is 11.7 Å². The number of pyridine rings is 1. The van der Waals surface area contributed by atoms with E-state index in [0.29, 0.717) is 5.56 Å². The van der Waals surface area contributed by atoms with Crippen molar-refractivity contribution in [2.24, 2.45) is 5.73 Å². The molecule has 0 aliphatic heterocycles. The van der Waals surface area contributed by atoms with Gasteiger partial charge in [0, 0.05) is 23.0 Å². The van der Waals surface area contributed by atoms with E-state index in [-0.39, 0.29) is 11.2 Å². The fourth-order valence-electron chi connectivity index (χ4n) is 2.25. The highest BCUT2D eigenvalue weighted by Gasteiger charge is 2.21. The number of amides is 1. The highest BCUT2D eigenvalue weighted by atomic mass is 19.3. The molecule has 0 saturated heterocycles. The van der Waals surface area contributed by atoms with E-state index in [1.54, 1.807) is 18.3 Å². The number of primary amides is 1. The minimum atomic E-state index is -2.81. The molecule has 3 heterocycles. The highest BCUT2D eigenvalue weighted by Crippen LogP contribution is 2.27. The molecular formula is C13H11F2N5O. The first-order valence-electron chi connectivity index (χ1n) is 6.09. The Bertz CT molecular complexity index is 836. The summed E-state index contributed by atoms with van der Waals surface area (Å²) >= 11 is 0. The number of nitrogens with zero attached hydrogens (tertiary/aromatic N) is 3. The Morgan fingerprint density at radius 3 is 2.76 bits per heavy atom. The zero-order valence-electron chi connectivity index (χ0n) is 11.0. The maximum Gasteiger partial charge on any atom is 0.295 e. The predicted molar refractivity (Wildman–Crippen MR) is 71.0 cm³/mol. The predicted octanol–water partition coefficient (Wildman–Crippen LogP) is 2.07. The van der Waals surface area contributed by atoms with Crippen LogP contribution < -0.4 is 5.73 Å². The van der Waals surface area contributed by atoms with Crippen LogP contribution in [0.1, 0.15) is 28.4 Å². The van der Waals surface area contributed by atoms with Crippen LogP contribution in [0.25, 0.3) is 16.6 Å². The number of carbonyl (C=O) groups is 1. The number of hydrogen-bond acceptors (Lipinski definition) is 3. The van der Waals surface area contributed by atoms with E-state index in [4.69, 9.17) is 5.73 Å². The van der Waals surface area contributed by atoms with E-state index in [2.05, 4.69) is 15.2 Å². The largest absolute Gasteiger partial charge is 0.364 e. The first kappa shape index (κ1) is 13.2. The number of carbonyl (C=O) groups excluding carboxylic acids is 1. The number of hydrogen-bond donors (Lipinski definition) is 2. The van der Waals surface area contributed by atoms with Gasteiger partial charge < -0.3 is 5.73 Å². The first-order valence-corrected chi connectivity index (χ1v) is 6.09. The number of aromatic nitrogens is 4. The smallest absolute Gasteiger partial charge is 0.295 e. The number of nitrogens with one attached hydrogen (secondary N) is 1. The van der Waals surface area contributed by atoms with Crippen LogP contribution in [-0.4, -0.2) is 25.5 Å². The number of halogens is 2. The molecule has 3 N–H and O–H groups in total. The SMILES string of the molecule is Cc1[nH]ncc1-c1ccc2c(C(N)=O)nc(C(F)F)n2c1. The lowest BCUT2D eigenvalue weighted by Crippen LogP contribution is -2.11.